The van der Waals surface area contributed by atoms with Crippen molar-refractivity contribution in [1.82, 2.24) is 4.90 Å². The lowest BCUT2D eigenvalue weighted by atomic mass is 9.86. The number of hydrogen-bond donors (Lipinski definition) is 1. The predicted octanol–water partition coefficient (Wildman–Crippen LogP) is 2.25. The number of hydrogen-bond acceptors (Lipinski definition) is 3. The van der Waals surface area contributed by atoms with Crippen LogP contribution < -0.4 is 5.73 Å². The van der Waals surface area contributed by atoms with Gasteiger partial charge in [0.2, 0.25) is 0 Å². The maximum atomic E-state index is 6.15. The van der Waals surface area contributed by atoms with Crippen LogP contribution in [0.15, 0.2) is 0 Å². The first-order valence-electron chi connectivity index (χ1n) is 7.08. The van der Waals surface area contributed by atoms with Crippen molar-refractivity contribution in [3.8, 4) is 0 Å². The van der Waals surface area contributed by atoms with Crippen LogP contribution >= 0.6 is 0 Å². The van der Waals surface area contributed by atoms with E-state index in [4.69, 9.17) is 10.5 Å². The number of ether oxygens (including phenoxy) is 1. The van der Waals surface area contributed by atoms with Gasteiger partial charge >= 0.3 is 0 Å². The first-order valence-corrected chi connectivity index (χ1v) is 7.08. The molecule has 0 radical (unpaired) electrons. The van der Waals surface area contributed by atoms with Gasteiger partial charge in [-0.1, -0.05) is 6.92 Å². The lowest BCUT2D eigenvalue weighted by Gasteiger charge is -2.34. The highest BCUT2D eigenvalue weighted by atomic mass is 16.5. The minimum atomic E-state index is 0.300. The maximum Gasteiger partial charge on any atom is 0.0462 e. The van der Waals surface area contributed by atoms with E-state index in [1.807, 2.05) is 0 Å². The van der Waals surface area contributed by atoms with Gasteiger partial charge in [-0.05, 0) is 51.5 Å². The zero-order chi connectivity index (χ0) is 12.7. The second-order valence-corrected chi connectivity index (χ2v) is 5.75. The summed E-state index contributed by atoms with van der Waals surface area (Å²) in [6.45, 7) is 4.23. The minimum absolute atomic E-state index is 0.300. The Bertz CT molecular complexity index is 191. The molecule has 0 aromatic rings. The summed E-state index contributed by atoms with van der Waals surface area (Å²) in [6, 6.07) is 1.06. The number of nitrogens with two attached hydrogens (primary N) is 1. The van der Waals surface area contributed by atoms with Crippen LogP contribution in [0, 0.1) is 5.92 Å². The van der Waals surface area contributed by atoms with Crippen molar-refractivity contribution >= 4 is 0 Å². The Morgan fingerprint density at radius 2 is 1.94 bits per heavy atom. The van der Waals surface area contributed by atoms with Crippen LogP contribution in [0.25, 0.3) is 0 Å². The van der Waals surface area contributed by atoms with E-state index in [9.17, 15) is 0 Å². The fourth-order valence-corrected chi connectivity index (χ4v) is 2.78. The lowest BCUT2D eigenvalue weighted by Crippen LogP contribution is -2.42. The Balaban J connectivity index is 2.16. The van der Waals surface area contributed by atoms with E-state index < -0.39 is 0 Å². The number of likely N-dealkylation sites (N-methyl/N-ethyl adjacent to an activating group) is 1. The Labute approximate surface area is 107 Å². The molecular weight excluding hydrogens is 212 g/mol. The molecule has 0 saturated heterocycles. The molecule has 3 heteroatoms. The highest BCUT2D eigenvalue weighted by molar-refractivity contribution is 4.78. The molecule has 1 unspecified atom stereocenters. The molecule has 1 rings (SSSR count). The summed E-state index contributed by atoms with van der Waals surface area (Å²) in [5.74, 6) is 0.926. The lowest BCUT2D eigenvalue weighted by molar-refractivity contribution is 0.154. The normalized spacial score (nSPS) is 27.4. The molecule has 3 nitrogen and oxygen atoms in total. The highest BCUT2D eigenvalue weighted by Crippen LogP contribution is 2.26. The molecule has 0 bridgehead atoms. The van der Waals surface area contributed by atoms with Crippen molar-refractivity contribution in [3.63, 3.8) is 0 Å². The number of nitrogens with zero attached hydrogens (tertiary/aromatic N) is 1. The summed E-state index contributed by atoms with van der Waals surface area (Å²) in [5.41, 5.74) is 6.15. The molecule has 102 valence electrons. The topological polar surface area (TPSA) is 38.5 Å². The summed E-state index contributed by atoms with van der Waals surface area (Å²) in [7, 11) is 3.98. The van der Waals surface area contributed by atoms with Gasteiger partial charge in [0.05, 0.1) is 0 Å². The molecule has 2 N–H and O–H groups in total. The molecular formula is C14H30N2O. The standard InChI is InChI=1S/C14H30N2O/c1-12-6-8-14(9-7-12)16(2)11-13(15)5-4-10-17-3/h12-14H,4-11,15H2,1-3H3. The second kappa shape index (κ2) is 8.06. The van der Waals surface area contributed by atoms with Crippen LogP contribution in [0.5, 0.6) is 0 Å². The second-order valence-electron chi connectivity index (χ2n) is 5.75. The summed E-state index contributed by atoms with van der Waals surface area (Å²) >= 11 is 0. The van der Waals surface area contributed by atoms with Gasteiger partial charge in [-0.2, -0.15) is 0 Å². The quantitative estimate of drug-likeness (QED) is 0.696. The van der Waals surface area contributed by atoms with E-state index in [2.05, 4.69) is 18.9 Å². The molecule has 1 saturated carbocycles. The third-order valence-electron chi connectivity index (χ3n) is 4.05. The number of methoxy groups -OCH3 is 1. The molecule has 0 aromatic heterocycles. The van der Waals surface area contributed by atoms with Gasteiger partial charge in [-0.25, -0.2) is 0 Å². The van der Waals surface area contributed by atoms with Crippen LogP contribution in [0.3, 0.4) is 0 Å². The van der Waals surface area contributed by atoms with Crippen molar-refractivity contribution in [3.05, 3.63) is 0 Å². The monoisotopic (exact) mass is 242 g/mol. The average Bonchev–Trinajstić information content (AvgIpc) is 2.30. The molecule has 17 heavy (non-hydrogen) atoms. The molecule has 1 aliphatic rings. The van der Waals surface area contributed by atoms with Gasteiger partial charge in [-0.3, -0.25) is 0 Å². The highest BCUT2D eigenvalue weighted by Gasteiger charge is 2.22. The van der Waals surface area contributed by atoms with Gasteiger partial charge in [0, 0.05) is 32.3 Å². The largest absolute Gasteiger partial charge is 0.385 e. The SMILES string of the molecule is COCCCC(N)CN(C)C1CCC(C)CC1. The van der Waals surface area contributed by atoms with Crippen LogP contribution in [0.1, 0.15) is 45.4 Å². The summed E-state index contributed by atoms with van der Waals surface area (Å²) in [6.07, 6.45) is 7.61. The van der Waals surface area contributed by atoms with Crippen LogP contribution in [-0.4, -0.2) is 44.3 Å². The average molecular weight is 242 g/mol. The predicted molar refractivity (Wildman–Crippen MR) is 73.1 cm³/mol. The van der Waals surface area contributed by atoms with E-state index >= 15 is 0 Å². The zero-order valence-corrected chi connectivity index (χ0v) is 11.8. The fraction of sp³-hybridized carbons (Fsp3) is 1.00. The van der Waals surface area contributed by atoms with E-state index in [0.717, 1.165) is 38.0 Å². The first kappa shape index (κ1) is 14.9. The fourth-order valence-electron chi connectivity index (χ4n) is 2.78. The Morgan fingerprint density at radius 1 is 1.29 bits per heavy atom. The third kappa shape index (κ3) is 5.84. The molecule has 0 amide bonds. The van der Waals surface area contributed by atoms with Crippen molar-refractivity contribution in [2.75, 3.05) is 27.3 Å². The van der Waals surface area contributed by atoms with Crippen LogP contribution in [-0.2, 0) is 4.74 Å². The first-order chi connectivity index (χ1) is 8.13. The van der Waals surface area contributed by atoms with Gasteiger partial charge in [-0.15, -0.1) is 0 Å². The summed E-state index contributed by atoms with van der Waals surface area (Å²) < 4.78 is 5.06. The smallest absolute Gasteiger partial charge is 0.0462 e. The van der Waals surface area contributed by atoms with Crippen molar-refractivity contribution in [2.24, 2.45) is 11.7 Å². The number of rotatable bonds is 7. The Kier molecular flexibility index (Phi) is 7.09. The van der Waals surface area contributed by atoms with Crippen LogP contribution in [0.4, 0.5) is 0 Å². The van der Waals surface area contributed by atoms with Crippen molar-refractivity contribution < 1.29 is 4.74 Å². The third-order valence-corrected chi connectivity index (χ3v) is 4.05. The van der Waals surface area contributed by atoms with Crippen LogP contribution in [0.2, 0.25) is 0 Å². The molecule has 1 aliphatic carbocycles. The van der Waals surface area contributed by atoms with Gasteiger partial charge in [0.25, 0.3) is 0 Å². The molecule has 0 aromatic carbocycles. The molecule has 1 atom stereocenters. The summed E-state index contributed by atoms with van der Waals surface area (Å²) in [4.78, 5) is 2.48. The molecule has 0 spiro atoms. The van der Waals surface area contributed by atoms with Gasteiger partial charge in [0.1, 0.15) is 0 Å². The van der Waals surface area contributed by atoms with E-state index in [1.54, 1.807) is 7.11 Å². The maximum absolute atomic E-state index is 6.15. The van der Waals surface area contributed by atoms with E-state index in [-0.39, 0.29) is 0 Å². The van der Waals surface area contributed by atoms with E-state index in [0.29, 0.717) is 6.04 Å². The molecule has 1 fully saturated rings. The van der Waals surface area contributed by atoms with Gasteiger partial charge < -0.3 is 15.4 Å². The zero-order valence-electron chi connectivity index (χ0n) is 11.8. The summed E-state index contributed by atoms with van der Waals surface area (Å²) in [5, 5.41) is 0. The Morgan fingerprint density at radius 3 is 2.53 bits per heavy atom. The van der Waals surface area contributed by atoms with Crippen molar-refractivity contribution in [2.45, 2.75) is 57.5 Å². The minimum Gasteiger partial charge on any atom is -0.385 e. The van der Waals surface area contributed by atoms with E-state index in [1.165, 1.54) is 25.7 Å². The van der Waals surface area contributed by atoms with Crippen molar-refractivity contribution in [1.29, 1.82) is 0 Å². The molecule has 0 aliphatic heterocycles. The van der Waals surface area contributed by atoms with Gasteiger partial charge in [0.15, 0.2) is 0 Å². The Hall–Kier alpha value is -0.120. The molecule has 0 heterocycles.